The van der Waals surface area contributed by atoms with Gasteiger partial charge in [-0.25, -0.2) is 0 Å². The Morgan fingerprint density at radius 2 is 1.79 bits per heavy atom. The Kier molecular flexibility index (Phi) is 2.42. The normalized spacial score (nSPS) is 47.1. The van der Waals surface area contributed by atoms with E-state index in [-0.39, 0.29) is 6.10 Å². The van der Waals surface area contributed by atoms with Gasteiger partial charge in [0.15, 0.2) is 0 Å². The first-order valence-corrected chi connectivity index (χ1v) is 6.12. The molecule has 0 radical (unpaired) electrons. The number of fused-ring (bicyclic) bond motifs is 1. The maximum absolute atomic E-state index is 9.78. The van der Waals surface area contributed by atoms with Crippen LogP contribution >= 0.6 is 0 Å². The van der Waals surface area contributed by atoms with Gasteiger partial charge in [0.1, 0.15) is 0 Å². The van der Waals surface area contributed by atoms with Crippen LogP contribution in [0.5, 0.6) is 0 Å². The second-order valence-corrected chi connectivity index (χ2v) is 6.48. The molecule has 1 heteroatoms. The van der Waals surface area contributed by atoms with E-state index in [4.69, 9.17) is 0 Å². The van der Waals surface area contributed by atoms with Crippen molar-refractivity contribution in [1.82, 2.24) is 0 Å². The van der Waals surface area contributed by atoms with E-state index >= 15 is 0 Å². The second-order valence-electron chi connectivity index (χ2n) is 6.48. The molecule has 1 nitrogen and oxygen atoms in total. The molecule has 2 aliphatic carbocycles. The molecule has 0 aromatic rings. The lowest BCUT2D eigenvalue weighted by atomic mass is 9.51. The van der Waals surface area contributed by atoms with E-state index in [0.717, 1.165) is 18.8 Å². The average Bonchev–Trinajstić information content (AvgIpc) is 2.00. The van der Waals surface area contributed by atoms with E-state index in [1.54, 1.807) is 0 Å². The number of rotatable bonds is 0. The Bertz CT molecular complexity index is 221. The van der Waals surface area contributed by atoms with Crippen molar-refractivity contribution in [2.45, 2.75) is 65.4 Å². The minimum absolute atomic E-state index is 0.0230. The zero-order valence-corrected chi connectivity index (χ0v) is 9.84. The van der Waals surface area contributed by atoms with Gasteiger partial charge in [0.25, 0.3) is 0 Å². The Labute approximate surface area is 87.9 Å². The third-order valence-electron chi connectivity index (χ3n) is 4.84. The number of aliphatic hydroxyl groups is 1. The van der Waals surface area contributed by atoms with Gasteiger partial charge in [0.2, 0.25) is 0 Å². The van der Waals surface area contributed by atoms with E-state index in [1.165, 1.54) is 25.7 Å². The predicted molar refractivity (Wildman–Crippen MR) is 59.1 cm³/mol. The molecule has 3 atom stereocenters. The van der Waals surface area contributed by atoms with Gasteiger partial charge in [-0.3, -0.25) is 0 Å². The summed E-state index contributed by atoms with van der Waals surface area (Å²) in [5.74, 6) is 0.840. The van der Waals surface area contributed by atoms with Crippen LogP contribution in [0.25, 0.3) is 0 Å². The molecule has 2 rings (SSSR count). The number of aliphatic hydroxyl groups excluding tert-OH is 1. The zero-order valence-electron chi connectivity index (χ0n) is 9.84. The molecule has 0 spiro atoms. The van der Waals surface area contributed by atoms with Crippen molar-refractivity contribution in [3.05, 3.63) is 0 Å². The lowest BCUT2D eigenvalue weighted by molar-refractivity contribution is -0.0731. The van der Waals surface area contributed by atoms with Gasteiger partial charge >= 0.3 is 0 Å². The van der Waals surface area contributed by atoms with Crippen LogP contribution in [0.4, 0.5) is 0 Å². The summed E-state index contributed by atoms with van der Waals surface area (Å²) in [5, 5.41) is 9.78. The van der Waals surface area contributed by atoms with Crippen LogP contribution in [0.1, 0.15) is 59.3 Å². The van der Waals surface area contributed by atoms with Crippen LogP contribution < -0.4 is 0 Å². The van der Waals surface area contributed by atoms with Gasteiger partial charge < -0.3 is 5.11 Å². The molecule has 0 heterocycles. The Balaban J connectivity index is 2.21. The lowest BCUT2D eigenvalue weighted by Gasteiger charge is -2.54. The summed E-state index contributed by atoms with van der Waals surface area (Å²) in [4.78, 5) is 0. The van der Waals surface area contributed by atoms with Crippen molar-refractivity contribution in [1.29, 1.82) is 0 Å². The molecule has 1 unspecified atom stereocenters. The Hall–Kier alpha value is -0.0400. The molecular weight excluding hydrogens is 172 g/mol. The van der Waals surface area contributed by atoms with Gasteiger partial charge in [-0.1, -0.05) is 27.2 Å². The maximum atomic E-state index is 9.78. The molecule has 0 aromatic carbocycles. The first kappa shape index (κ1) is 10.5. The summed E-state index contributed by atoms with van der Waals surface area (Å²) in [7, 11) is 0. The lowest BCUT2D eigenvalue weighted by Crippen LogP contribution is -2.47. The summed E-state index contributed by atoms with van der Waals surface area (Å²) in [6.45, 7) is 7.25. The first-order valence-electron chi connectivity index (χ1n) is 6.12. The fourth-order valence-corrected chi connectivity index (χ4v) is 4.22. The molecular formula is C13H24O. The average molecular weight is 196 g/mol. The van der Waals surface area contributed by atoms with Crippen LogP contribution in [0.15, 0.2) is 0 Å². The fraction of sp³-hybridized carbons (Fsp3) is 1.00. The highest BCUT2D eigenvalue weighted by atomic mass is 16.3. The minimum Gasteiger partial charge on any atom is -0.393 e. The minimum atomic E-state index is -0.0230. The van der Waals surface area contributed by atoms with Crippen molar-refractivity contribution in [2.24, 2.45) is 16.7 Å². The SMILES string of the molecule is CC1(C)CCC[C@]2(C)CC(O)CC[C@@H]12. The Morgan fingerprint density at radius 3 is 2.50 bits per heavy atom. The van der Waals surface area contributed by atoms with Crippen LogP contribution in [0.3, 0.4) is 0 Å². The van der Waals surface area contributed by atoms with Gasteiger partial charge in [-0.2, -0.15) is 0 Å². The zero-order chi connectivity index (χ0) is 10.4. The van der Waals surface area contributed by atoms with Crippen LogP contribution in [-0.4, -0.2) is 11.2 Å². The molecule has 82 valence electrons. The van der Waals surface area contributed by atoms with E-state index in [2.05, 4.69) is 20.8 Å². The van der Waals surface area contributed by atoms with Crippen molar-refractivity contribution in [3.63, 3.8) is 0 Å². The standard InChI is InChI=1S/C13H24O/c1-12(2)7-4-8-13(3)9-10(14)5-6-11(12)13/h10-11,14H,4-9H2,1-3H3/t10?,11-,13+/m0/s1. The van der Waals surface area contributed by atoms with E-state index in [1.807, 2.05) is 0 Å². The number of hydrogen-bond acceptors (Lipinski definition) is 1. The predicted octanol–water partition coefficient (Wildman–Crippen LogP) is 3.36. The molecule has 14 heavy (non-hydrogen) atoms. The van der Waals surface area contributed by atoms with Gasteiger partial charge in [0, 0.05) is 0 Å². The van der Waals surface area contributed by atoms with Crippen molar-refractivity contribution < 1.29 is 5.11 Å². The molecule has 2 aliphatic rings. The first-order chi connectivity index (χ1) is 6.44. The summed E-state index contributed by atoms with van der Waals surface area (Å²) in [6, 6.07) is 0. The fourth-order valence-electron chi connectivity index (χ4n) is 4.22. The highest BCUT2D eigenvalue weighted by Crippen LogP contribution is 2.57. The molecule has 0 saturated heterocycles. The quantitative estimate of drug-likeness (QED) is 0.630. The molecule has 2 fully saturated rings. The van der Waals surface area contributed by atoms with Gasteiger partial charge in [-0.05, 0) is 48.9 Å². The molecule has 2 saturated carbocycles. The molecule has 0 aliphatic heterocycles. The smallest absolute Gasteiger partial charge is 0.0545 e. The summed E-state index contributed by atoms with van der Waals surface area (Å²) >= 11 is 0. The van der Waals surface area contributed by atoms with E-state index in [0.29, 0.717) is 10.8 Å². The third kappa shape index (κ3) is 1.60. The highest BCUT2D eigenvalue weighted by Gasteiger charge is 2.48. The maximum Gasteiger partial charge on any atom is 0.0545 e. The van der Waals surface area contributed by atoms with Crippen molar-refractivity contribution in [3.8, 4) is 0 Å². The van der Waals surface area contributed by atoms with Crippen LogP contribution in [0, 0.1) is 16.7 Å². The van der Waals surface area contributed by atoms with Crippen molar-refractivity contribution >= 4 is 0 Å². The van der Waals surface area contributed by atoms with Gasteiger partial charge in [0.05, 0.1) is 6.10 Å². The third-order valence-corrected chi connectivity index (χ3v) is 4.84. The summed E-state index contributed by atoms with van der Waals surface area (Å²) in [5.41, 5.74) is 0.937. The molecule has 0 aromatic heterocycles. The molecule has 0 amide bonds. The van der Waals surface area contributed by atoms with Gasteiger partial charge in [-0.15, -0.1) is 0 Å². The van der Waals surface area contributed by atoms with Crippen LogP contribution in [-0.2, 0) is 0 Å². The van der Waals surface area contributed by atoms with E-state index < -0.39 is 0 Å². The largest absolute Gasteiger partial charge is 0.393 e. The monoisotopic (exact) mass is 196 g/mol. The number of hydrogen-bond donors (Lipinski definition) is 1. The molecule has 1 N–H and O–H groups in total. The Morgan fingerprint density at radius 1 is 1.07 bits per heavy atom. The summed E-state index contributed by atoms with van der Waals surface area (Å²) < 4.78 is 0. The summed E-state index contributed by atoms with van der Waals surface area (Å²) in [6.07, 6.45) is 7.36. The molecule has 0 bridgehead atoms. The van der Waals surface area contributed by atoms with Crippen molar-refractivity contribution in [2.75, 3.05) is 0 Å². The highest BCUT2D eigenvalue weighted by molar-refractivity contribution is 4.99. The van der Waals surface area contributed by atoms with Crippen LogP contribution in [0.2, 0.25) is 0 Å². The topological polar surface area (TPSA) is 20.2 Å². The van der Waals surface area contributed by atoms with E-state index in [9.17, 15) is 5.11 Å². The second kappa shape index (κ2) is 3.23.